The molecule has 0 bridgehead atoms. The Hall–Kier alpha value is -0.980. The van der Waals surface area contributed by atoms with Gasteiger partial charge in [0.15, 0.2) is 5.82 Å². The molecule has 0 aliphatic carbocycles. The van der Waals surface area contributed by atoms with Gasteiger partial charge in [-0.25, -0.2) is 0 Å². The van der Waals surface area contributed by atoms with Crippen molar-refractivity contribution in [2.75, 3.05) is 26.4 Å². The van der Waals surface area contributed by atoms with Gasteiger partial charge in [0.1, 0.15) is 0 Å². The van der Waals surface area contributed by atoms with Crippen LogP contribution in [0.25, 0.3) is 0 Å². The first kappa shape index (κ1) is 11.1. The van der Waals surface area contributed by atoms with Crippen molar-refractivity contribution < 1.29 is 19.1 Å². The minimum atomic E-state index is -0.447. The van der Waals surface area contributed by atoms with Crippen molar-refractivity contribution in [3.8, 4) is 0 Å². The van der Waals surface area contributed by atoms with Crippen LogP contribution < -0.4 is 0 Å². The van der Waals surface area contributed by atoms with Gasteiger partial charge in [-0.2, -0.15) is 4.98 Å². The van der Waals surface area contributed by atoms with Crippen molar-refractivity contribution in [3.63, 3.8) is 0 Å². The van der Waals surface area contributed by atoms with Crippen LogP contribution in [0.15, 0.2) is 4.52 Å². The molecule has 3 rings (SSSR count). The SMILES string of the molecule is OC1CCOCC1c1nc(C2CCOC2)no1. The molecule has 0 saturated carbocycles. The van der Waals surface area contributed by atoms with E-state index in [1.165, 1.54) is 0 Å². The van der Waals surface area contributed by atoms with Gasteiger partial charge in [-0.1, -0.05) is 5.16 Å². The molecular formula is C11H16N2O4. The Morgan fingerprint density at radius 1 is 1.12 bits per heavy atom. The fourth-order valence-electron chi connectivity index (χ4n) is 2.26. The number of rotatable bonds is 2. The van der Waals surface area contributed by atoms with E-state index in [4.69, 9.17) is 14.0 Å². The van der Waals surface area contributed by atoms with E-state index in [9.17, 15) is 5.11 Å². The predicted molar refractivity (Wildman–Crippen MR) is 56.7 cm³/mol. The smallest absolute Gasteiger partial charge is 0.234 e. The highest BCUT2D eigenvalue weighted by molar-refractivity contribution is 5.03. The van der Waals surface area contributed by atoms with Crippen molar-refractivity contribution >= 4 is 0 Å². The van der Waals surface area contributed by atoms with E-state index in [1.54, 1.807) is 0 Å². The minimum absolute atomic E-state index is 0.188. The third-order valence-corrected chi connectivity index (χ3v) is 3.39. The van der Waals surface area contributed by atoms with Gasteiger partial charge < -0.3 is 19.1 Å². The van der Waals surface area contributed by atoms with Crippen LogP contribution in [-0.2, 0) is 9.47 Å². The van der Waals surface area contributed by atoms with Gasteiger partial charge in [0.05, 0.1) is 25.2 Å². The molecule has 2 saturated heterocycles. The lowest BCUT2D eigenvalue weighted by Gasteiger charge is -2.24. The van der Waals surface area contributed by atoms with Crippen LogP contribution in [0.5, 0.6) is 0 Å². The van der Waals surface area contributed by atoms with Crippen LogP contribution >= 0.6 is 0 Å². The van der Waals surface area contributed by atoms with E-state index in [-0.39, 0.29) is 11.8 Å². The standard InChI is InChI=1S/C11H16N2O4/c14-9-2-4-16-6-8(9)11-12-10(13-17-11)7-1-3-15-5-7/h7-9,14H,1-6H2. The molecule has 3 atom stereocenters. The minimum Gasteiger partial charge on any atom is -0.392 e. The molecule has 3 heterocycles. The summed E-state index contributed by atoms with van der Waals surface area (Å²) in [7, 11) is 0. The summed E-state index contributed by atoms with van der Waals surface area (Å²) in [5.74, 6) is 1.22. The average Bonchev–Trinajstić information content (AvgIpc) is 3.00. The molecule has 0 amide bonds. The van der Waals surface area contributed by atoms with E-state index in [0.717, 1.165) is 13.0 Å². The molecule has 2 fully saturated rings. The maximum atomic E-state index is 9.86. The van der Waals surface area contributed by atoms with E-state index < -0.39 is 6.10 Å². The van der Waals surface area contributed by atoms with Crippen molar-refractivity contribution in [2.24, 2.45) is 0 Å². The Bertz CT molecular complexity index is 375. The number of aliphatic hydroxyl groups excluding tert-OH is 1. The third kappa shape index (κ3) is 2.20. The molecule has 2 aliphatic rings. The van der Waals surface area contributed by atoms with Gasteiger partial charge in [-0.05, 0) is 12.8 Å². The monoisotopic (exact) mass is 240 g/mol. The summed E-state index contributed by atoms with van der Waals surface area (Å²) in [6, 6.07) is 0. The molecule has 6 heteroatoms. The lowest BCUT2D eigenvalue weighted by Crippen LogP contribution is -2.30. The lowest BCUT2D eigenvalue weighted by atomic mass is 9.99. The zero-order chi connectivity index (χ0) is 11.7. The van der Waals surface area contributed by atoms with Gasteiger partial charge in [0.2, 0.25) is 5.89 Å². The summed E-state index contributed by atoms with van der Waals surface area (Å²) in [4.78, 5) is 4.37. The van der Waals surface area contributed by atoms with Crippen LogP contribution in [0.4, 0.5) is 0 Å². The number of nitrogens with zero attached hydrogens (tertiary/aromatic N) is 2. The summed E-state index contributed by atoms with van der Waals surface area (Å²) in [5.41, 5.74) is 0. The number of ether oxygens (including phenoxy) is 2. The molecule has 1 N–H and O–H groups in total. The number of aromatic nitrogens is 2. The second-order valence-electron chi connectivity index (χ2n) is 4.59. The Balaban J connectivity index is 1.74. The fourth-order valence-corrected chi connectivity index (χ4v) is 2.26. The van der Waals surface area contributed by atoms with Gasteiger partial charge in [0.25, 0.3) is 0 Å². The second kappa shape index (κ2) is 4.72. The molecule has 2 aliphatic heterocycles. The van der Waals surface area contributed by atoms with E-state index in [1.807, 2.05) is 0 Å². The van der Waals surface area contributed by atoms with Crippen LogP contribution in [0.1, 0.15) is 36.4 Å². The van der Waals surface area contributed by atoms with E-state index in [0.29, 0.717) is 38.0 Å². The van der Waals surface area contributed by atoms with Gasteiger partial charge in [-0.15, -0.1) is 0 Å². The van der Waals surface area contributed by atoms with Crippen LogP contribution in [0, 0.1) is 0 Å². The normalized spacial score (nSPS) is 34.1. The van der Waals surface area contributed by atoms with Crippen molar-refractivity contribution in [1.82, 2.24) is 10.1 Å². The van der Waals surface area contributed by atoms with Crippen molar-refractivity contribution in [3.05, 3.63) is 11.7 Å². The van der Waals surface area contributed by atoms with Crippen LogP contribution in [-0.4, -0.2) is 47.8 Å². The quantitative estimate of drug-likeness (QED) is 0.808. The molecule has 3 unspecified atom stereocenters. The Morgan fingerprint density at radius 3 is 2.71 bits per heavy atom. The first-order chi connectivity index (χ1) is 8.34. The zero-order valence-corrected chi connectivity index (χ0v) is 9.54. The summed E-state index contributed by atoms with van der Waals surface area (Å²) < 4.78 is 15.9. The Labute approximate surface area is 98.9 Å². The number of aliphatic hydroxyl groups is 1. The molecule has 6 nitrogen and oxygen atoms in total. The van der Waals surface area contributed by atoms with Crippen molar-refractivity contribution in [1.29, 1.82) is 0 Å². The third-order valence-electron chi connectivity index (χ3n) is 3.39. The molecule has 94 valence electrons. The van der Waals surface area contributed by atoms with Gasteiger partial charge in [-0.3, -0.25) is 0 Å². The largest absolute Gasteiger partial charge is 0.392 e. The molecule has 0 aromatic carbocycles. The number of hydrogen-bond acceptors (Lipinski definition) is 6. The molecule has 1 aromatic rings. The summed E-state index contributed by atoms with van der Waals surface area (Å²) in [5, 5.41) is 13.8. The first-order valence-corrected chi connectivity index (χ1v) is 6.01. The van der Waals surface area contributed by atoms with Gasteiger partial charge in [0, 0.05) is 19.1 Å². The highest BCUT2D eigenvalue weighted by Gasteiger charge is 2.32. The molecule has 0 radical (unpaired) electrons. The highest BCUT2D eigenvalue weighted by atomic mass is 16.5. The maximum Gasteiger partial charge on any atom is 0.234 e. The second-order valence-corrected chi connectivity index (χ2v) is 4.59. The maximum absolute atomic E-state index is 9.86. The molecule has 1 aromatic heterocycles. The van der Waals surface area contributed by atoms with Crippen molar-refractivity contribution in [2.45, 2.75) is 30.8 Å². The fraction of sp³-hybridized carbons (Fsp3) is 0.818. The van der Waals surface area contributed by atoms with Crippen LogP contribution in [0.2, 0.25) is 0 Å². The average molecular weight is 240 g/mol. The highest BCUT2D eigenvalue weighted by Crippen LogP contribution is 2.28. The van der Waals surface area contributed by atoms with Gasteiger partial charge >= 0.3 is 0 Å². The Kier molecular flexibility index (Phi) is 3.09. The lowest BCUT2D eigenvalue weighted by molar-refractivity contribution is -0.0149. The summed E-state index contributed by atoms with van der Waals surface area (Å²) in [6.07, 6.45) is 1.11. The molecule has 0 spiro atoms. The van der Waals surface area contributed by atoms with Crippen LogP contribution in [0.3, 0.4) is 0 Å². The van der Waals surface area contributed by atoms with E-state index in [2.05, 4.69) is 10.1 Å². The summed E-state index contributed by atoms with van der Waals surface area (Å²) in [6.45, 7) is 2.45. The number of hydrogen-bond donors (Lipinski definition) is 1. The molecular weight excluding hydrogens is 224 g/mol. The van der Waals surface area contributed by atoms with E-state index >= 15 is 0 Å². The summed E-state index contributed by atoms with van der Waals surface area (Å²) >= 11 is 0. The zero-order valence-electron chi connectivity index (χ0n) is 9.54. The Morgan fingerprint density at radius 2 is 1.94 bits per heavy atom. The predicted octanol–water partition coefficient (Wildman–Crippen LogP) is 0.438. The first-order valence-electron chi connectivity index (χ1n) is 6.01. The molecule has 17 heavy (non-hydrogen) atoms. The topological polar surface area (TPSA) is 77.6 Å².